The zero-order valence-corrected chi connectivity index (χ0v) is 14.0. The van der Waals surface area contributed by atoms with Gasteiger partial charge in [-0.05, 0) is 36.4 Å². The lowest BCUT2D eigenvalue weighted by molar-refractivity contribution is -0.119. The van der Waals surface area contributed by atoms with E-state index in [2.05, 4.69) is 5.32 Å². The fourth-order valence-electron chi connectivity index (χ4n) is 1.94. The summed E-state index contributed by atoms with van der Waals surface area (Å²) in [5.41, 5.74) is 0.628. The highest BCUT2D eigenvalue weighted by Gasteiger charge is 2.14. The van der Waals surface area contributed by atoms with Crippen molar-refractivity contribution >= 4 is 29.3 Å². The Bertz CT molecular complexity index is 738. The fraction of sp³-hybridized carbons (Fsp3) is 0.176. The van der Waals surface area contributed by atoms with E-state index in [0.717, 1.165) is 0 Å². The summed E-state index contributed by atoms with van der Waals surface area (Å²) < 4.78 is 34.5. The highest BCUT2D eigenvalue weighted by Crippen LogP contribution is 2.26. The molecule has 0 bridgehead atoms. The van der Waals surface area contributed by atoms with Crippen molar-refractivity contribution in [1.29, 1.82) is 0 Å². The number of benzene rings is 2. The van der Waals surface area contributed by atoms with Crippen LogP contribution in [0.5, 0.6) is 5.75 Å². The first-order valence-corrected chi connectivity index (χ1v) is 8.02. The second-order valence-electron chi connectivity index (χ2n) is 4.73. The number of nitrogens with one attached hydrogen (secondary N) is 1. The third-order valence-electron chi connectivity index (χ3n) is 3.02. The maximum atomic E-state index is 12.2. The third-order valence-corrected chi connectivity index (χ3v) is 3.75. The number of halogens is 2. The van der Waals surface area contributed by atoms with Crippen LogP contribution in [-0.4, -0.2) is 31.4 Å². The Kier molecular flexibility index (Phi) is 6.76. The predicted molar refractivity (Wildman–Crippen MR) is 90.2 cm³/mol. The van der Waals surface area contributed by atoms with Crippen LogP contribution in [0.3, 0.4) is 0 Å². The quantitative estimate of drug-likeness (QED) is 0.596. The third kappa shape index (κ3) is 5.75. The molecule has 2 aromatic carbocycles. The number of hydrogen-bond acceptors (Lipinski definition) is 5. The molecule has 0 aromatic heterocycles. The Labute approximate surface area is 147 Å². The summed E-state index contributed by atoms with van der Waals surface area (Å²) in [5.74, 6) is -3.39. The first-order chi connectivity index (χ1) is 12.0. The molecule has 25 heavy (non-hydrogen) atoms. The van der Waals surface area contributed by atoms with E-state index in [0.29, 0.717) is 28.1 Å². The van der Waals surface area contributed by atoms with Crippen molar-refractivity contribution in [3.05, 3.63) is 54.1 Å². The minimum absolute atomic E-state index is 0.214. The van der Waals surface area contributed by atoms with Gasteiger partial charge in [0.15, 0.2) is 6.61 Å². The van der Waals surface area contributed by atoms with Gasteiger partial charge in [-0.3, -0.25) is 4.79 Å². The number of methoxy groups -OCH3 is 1. The molecule has 132 valence electrons. The predicted octanol–water partition coefficient (Wildman–Crippen LogP) is 3.81. The molecular weight excluding hydrogens is 352 g/mol. The maximum absolute atomic E-state index is 12.2. The largest absolute Gasteiger partial charge is 0.496 e. The van der Waals surface area contributed by atoms with Gasteiger partial charge in [0.1, 0.15) is 11.3 Å². The Morgan fingerprint density at radius 2 is 1.80 bits per heavy atom. The van der Waals surface area contributed by atoms with Gasteiger partial charge in [0, 0.05) is 10.6 Å². The van der Waals surface area contributed by atoms with Crippen molar-refractivity contribution in [1.82, 2.24) is 0 Å². The lowest BCUT2D eigenvalue weighted by Crippen LogP contribution is -2.21. The molecule has 0 aliphatic rings. The molecular formula is C17H15F2NO4S. The average molecular weight is 367 g/mol. The van der Waals surface area contributed by atoms with Crippen LogP contribution in [0, 0.1) is 0 Å². The van der Waals surface area contributed by atoms with Crippen molar-refractivity contribution < 1.29 is 27.8 Å². The van der Waals surface area contributed by atoms with E-state index in [1.165, 1.54) is 37.4 Å². The van der Waals surface area contributed by atoms with Crippen LogP contribution in [0.1, 0.15) is 10.4 Å². The molecule has 0 spiro atoms. The molecule has 0 aliphatic heterocycles. The van der Waals surface area contributed by atoms with Crippen LogP contribution >= 0.6 is 11.8 Å². The zero-order valence-electron chi connectivity index (χ0n) is 13.2. The van der Waals surface area contributed by atoms with Crippen molar-refractivity contribution in [2.45, 2.75) is 10.7 Å². The number of ether oxygens (including phenoxy) is 2. The molecule has 0 heterocycles. The number of amides is 1. The first-order valence-electron chi connectivity index (χ1n) is 7.14. The van der Waals surface area contributed by atoms with Crippen LogP contribution in [-0.2, 0) is 9.53 Å². The highest BCUT2D eigenvalue weighted by molar-refractivity contribution is 7.99. The number of carbonyl (C=O) groups excluding carboxylic acids is 2. The van der Waals surface area contributed by atoms with Crippen LogP contribution in [0.15, 0.2) is 53.4 Å². The number of thioether (sulfide) groups is 1. The lowest BCUT2D eigenvalue weighted by Gasteiger charge is -2.09. The molecule has 0 saturated carbocycles. The van der Waals surface area contributed by atoms with E-state index in [9.17, 15) is 18.4 Å². The number of hydrogen-bond donors (Lipinski definition) is 1. The van der Waals surface area contributed by atoms with E-state index in [1.807, 2.05) is 0 Å². The molecule has 0 unspecified atom stereocenters. The number of para-hydroxylation sites is 1. The SMILES string of the molecule is COc1ccccc1C(=O)OCC(=O)Nc1ccc(SC(F)F)cc1. The van der Waals surface area contributed by atoms with Crippen molar-refractivity contribution in [2.24, 2.45) is 0 Å². The fourth-order valence-corrected chi connectivity index (χ4v) is 2.44. The molecule has 0 fully saturated rings. The molecule has 5 nitrogen and oxygen atoms in total. The smallest absolute Gasteiger partial charge is 0.342 e. The standard InChI is InChI=1S/C17H15F2NO4S/c1-23-14-5-3-2-4-13(14)16(22)24-10-15(21)20-11-6-8-12(9-7-11)25-17(18)19/h2-9,17H,10H2,1H3,(H,20,21). The molecule has 1 N–H and O–H groups in total. The molecule has 8 heteroatoms. The summed E-state index contributed by atoms with van der Waals surface area (Å²) in [6, 6.07) is 12.4. The molecule has 0 aliphatic carbocycles. The summed E-state index contributed by atoms with van der Waals surface area (Å²) in [6.07, 6.45) is 0. The van der Waals surface area contributed by atoms with E-state index < -0.39 is 24.2 Å². The lowest BCUT2D eigenvalue weighted by atomic mass is 10.2. The van der Waals surface area contributed by atoms with Crippen LogP contribution in [0.25, 0.3) is 0 Å². The molecule has 0 atom stereocenters. The van der Waals surface area contributed by atoms with Crippen LogP contribution in [0.4, 0.5) is 14.5 Å². The Hall–Kier alpha value is -2.61. The summed E-state index contributed by atoms with van der Waals surface area (Å²) in [4.78, 5) is 24.2. The minimum Gasteiger partial charge on any atom is -0.496 e. The van der Waals surface area contributed by atoms with E-state index in [4.69, 9.17) is 9.47 Å². The van der Waals surface area contributed by atoms with Gasteiger partial charge in [-0.15, -0.1) is 0 Å². The van der Waals surface area contributed by atoms with Crippen molar-refractivity contribution in [3.8, 4) is 5.75 Å². The molecule has 0 radical (unpaired) electrons. The van der Waals surface area contributed by atoms with Gasteiger partial charge in [0.25, 0.3) is 11.7 Å². The number of anilines is 1. The summed E-state index contributed by atoms with van der Waals surface area (Å²) >= 11 is 0.414. The van der Waals surface area contributed by atoms with Crippen LogP contribution < -0.4 is 10.1 Å². The highest BCUT2D eigenvalue weighted by atomic mass is 32.2. The Balaban J connectivity index is 1.87. The first kappa shape index (κ1) is 18.7. The average Bonchev–Trinajstić information content (AvgIpc) is 2.61. The monoisotopic (exact) mass is 367 g/mol. The molecule has 2 aromatic rings. The van der Waals surface area contributed by atoms with Gasteiger partial charge < -0.3 is 14.8 Å². The normalized spacial score (nSPS) is 10.4. The Morgan fingerprint density at radius 1 is 1.12 bits per heavy atom. The summed E-state index contributed by atoms with van der Waals surface area (Å²) in [6.45, 7) is -0.482. The number of alkyl halides is 2. The Morgan fingerprint density at radius 3 is 2.44 bits per heavy atom. The number of esters is 1. The van der Waals surface area contributed by atoms with Crippen molar-refractivity contribution in [3.63, 3.8) is 0 Å². The van der Waals surface area contributed by atoms with Gasteiger partial charge in [0.2, 0.25) is 0 Å². The number of carbonyl (C=O) groups is 2. The van der Waals surface area contributed by atoms with E-state index in [-0.39, 0.29) is 5.56 Å². The van der Waals surface area contributed by atoms with E-state index >= 15 is 0 Å². The zero-order chi connectivity index (χ0) is 18.2. The van der Waals surface area contributed by atoms with Gasteiger partial charge in [-0.25, -0.2) is 4.79 Å². The van der Waals surface area contributed by atoms with Gasteiger partial charge in [0.05, 0.1) is 7.11 Å². The van der Waals surface area contributed by atoms with Gasteiger partial charge in [-0.2, -0.15) is 8.78 Å². The summed E-state index contributed by atoms with van der Waals surface area (Å²) in [5, 5.41) is 2.51. The van der Waals surface area contributed by atoms with E-state index in [1.54, 1.807) is 18.2 Å². The molecule has 0 saturated heterocycles. The second-order valence-corrected chi connectivity index (χ2v) is 5.79. The maximum Gasteiger partial charge on any atom is 0.342 e. The topological polar surface area (TPSA) is 64.6 Å². The molecule has 2 rings (SSSR count). The van der Waals surface area contributed by atoms with Gasteiger partial charge >= 0.3 is 5.97 Å². The van der Waals surface area contributed by atoms with Gasteiger partial charge in [-0.1, -0.05) is 23.9 Å². The van der Waals surface area contributed by atoms with Crippen molar-refractivity contribution in [2.75, 3.05) is 19.0 Å². The minimum atomic E-state index is -2.50. The number of rotatable bonds is 7. The second kappa shape index (κ2) is 9.03. The van der Waals surface area contributed by atoms with Crippen LogP contribution in [0.2, 0.25) is 0 Å². The summed E-state index contributed by atoms with van der Waals surface area (Å²) in [7, 11) is 1.43. The molecule has 1 amide bonds.